The zero-order chi connectivity index (χ0) is 30.9. The maximum Gasteiger partial charge on any atom is 0.337 e. The Morgan fingerprint density at radius 1 is 0.953 bits per heavy atom. The summed E-state index contributed by atoms with van der Waals surface area (Å²) >= 11 is 6.86. The average molecular weight is 716 g/mol. The molecular weight excluding hydrogens is 688 g/mol. The van der Waals surface area contributed by atoms with Crippen LogP contribution in [0.3, 0.4) is 0 Å². The van der Waals surface area contributed by atoms with Crippen LogP contribution in [0.4, 0.5) is 4.79 Å². The first-order chi connectivity index (χ1) is 20.7. The molecule has 1 aliphatic rings. The molecule has 1 atom stereocenters. The van der Waals surface area contributed by atoms with E-state index in [1.807, 2.05) is 42.5 Å². The predicted molar refractivity (Wildman–Crippen MR) is 166 cm³/mol. The smallest absolute Gasteiger partial charge is 0.337 e. The maximum atomic E-state index is 12.5. The van der Waals surface area contributed by atoms with Crippen molar-refractivity contribution >= 4 is 56.0 Å². The summed E-state index contributed by atoms with van der Waals surface area (Å²) < 4.78 is 23.8. The summed E-state index contributed by atoms with van der Waals surface area (Å²) in [5.74, 6) is 0.0757. The molecular formula is C30H28Br2N4O7. The molecule has 4 rings (SSSR count). The molecule has 3 aromatic carbocycles. The summed E-state index contributed by atoms with van der Waals surface area (Å²) in [6, 6.07) is 16.9. The number of amides is 3. The van der Waals surface area contributed by atoms with Crippen LogP contribution < -0.4 is 30.3 Å². The number of rotatable bonds is 11. The van der Waals surface area contributed by atoms with Crippen LogP contribution in [-0.2, 0) is 20.9 Å². The third kappa shape index (κ3) is 8.36. The van der Waals surface area contributed by atoms with Crippen molar-refractivity contribution in [2.75, 3.05) is 20.8 Å². The standard InChI is InChI=1S/C30H28Br2N4O7/c1-17-27(29(38)41-3)28(35-30(39)34-17)19-6-10-24(25(13-19)40-2)43-16-26(37)36-33-14-20-12-22(32)9-11-23(20)42-15-18-4-7-21(31)8-5-18/h4-14,28H,15-16H2,1-3H3,(H,36,37)(H2,34,35,39)/b33-14-/t28-/m1/s1. The monoisotopic (exact) mass is 714 g/mol. The van der Waals surface area contributed by atoms with Gasteiger partial charge in [-0.3, -0.25) is 4.79 Å². The molecule has 0 saturated heterocycles. The molecule has 0 saturated carbocycles. The molecule has 0 radical (unpaired) electrons. The molecule has 1 heterocycles. The van der Waals surface area contributed by atoms with Crippen molar-refractivity contribution in [3.63, 3.8) is 0 Å². The number of esters is 1. The number of carbonyl (C=O) groups excluding carboxylic acids is 3. The highest BCUT2D eigenvalue weighted by Gasteiger charge is 2.32. The number of urea groups is 1. The highest BCUT2D eigenvalue weighted by molar-refractivity contribution is 9.10. The van der Waals surface area contributed by atoms with E-state index in [0.29, 0.717) is 34.9 Å². The van der Waals surface area contributed by atoms with Gasteiger partial charge in [0.1, 0.15) is 12.4 Å². The van der Waals surface area contributed by atoms with Crippen LogP contribution in [0.25, 0.3) is 0 Å². The van der Waals surface area contributed by atoms with Gasteiger partial charge < -0.3 is 29.6 Å². The van der Waals surface area contributed by atoms with Gasteiger partial charge in [-0.05, 0) is 60.5 Å². The van der Waals surface area contributed by atoms with E-state index in [1.54, 1.807) is 25.1 Å². The van der Waals surface area contributed by atoms with Crippen LogP contribution in [0.5, 0.6) is 17.2 Å². The molecule has 0 unspecified atom stereocenters. The first kappa shape index (κ1) is 31.6. The number of halogens is 2. The van der Waals surface area contributed by atoms with Crippen molar-refractivity contribution in [3.8, 4) is 17.2 Å². The summed E-state index contributed by atoms with van der Waals surface area (Å²) in [5, 5.41) is 9.33. The van der Waals surface area contributed by atoms with E-state index in [4.69, 9.17) is 18.9 Å². The van der Waals surface area contributed by atoms with Crippen molar-refractivity contribution in [1.29, 1.82) is 0 Å². The third-order valence-electron chi connectivity index (χ3n) is 6.23. The molecule has 3 aromatic rings. The summed E-state index contributed by atoms with van der Waals surface area (Å²) in [4.78, 5) is 37.0. The minimum Gasteiger partial charge on any atom is -0.493 e. The van der Waals surface area contributed by atoms with Crippen molar-refractivity contribution in [2.24, 2.45) is 5.10 Å². The van der Waals surface area contributed by atoms with E-state index >= 15 is 0 Å². The van der Waals surface area contributed by atoms with Gasteiger partial charge in [-0.2, -0.15) is 5.10 Å². The quantitative estimate of drug-likeness (QED) is 0.142. The van der Waals surface area contributed by atoms with Crippen molar-refractivity contribution in [2.45, 2.75) is 19.6 Å². The third-order valence-corrected chi connectivity index (χ3v) is 7.25. The summed E-state index contributed by atoms with van der Waals surface area (Å²) in [6.45, 7) is 1.62. The average Bonchev–Trinajstić information content (AvgIpc) is 2.99. The van der Waals surface area contributed by atoms with Crippen LogP contribution in [0.1, 0.15) is 29.7 Å². The predicted octanol–water partition coefficient (Wildman–Crippen LogP) is 5.13. The minimum atomic E-state index is -0.774. The Morgan fingerprint density at radius 3 is 2.40 bits per heavy atom. The fourth-order valence-electron chi connectivity index (χ4n) is 4.15. The molecule has 0 aliphatic carbocycles. The van der Waals surface area contributed by atoms with E-state index in [1.165, 1.54) is 20.4 Å². The van der Waals surface area contributed by atoms with Gasteiger partial charge in [0.2, 0.25) is 0 Å². The van der Waals surface area contributed by atoms with Crippen molar-refractivity contribution < 1.29 is 33.3 Å². The largest absolute Gasteiger partial charge is 0.493 e. The first-order valence-corrected chi connectivity index (χ1v) is 14.4. The summed E-state index contributed by atoms with van der Waals surface area (Å²) in [7, 11) is 2.70. The van der Waals surface area contributed by atoms with Gasteiger partial charge in [-0.15, -0.1) is 0 Å². The van der Waals surface area contributed by atoms with Gasteiger partial charge in [0, 0.05) is 20.2 Å². The highest BCUT2D eigenvalue weighted by atomic mass is 79.9. The molecule has 224 valence electrons. The number of ether oxygens (including phenoxy) is 4. The molecule has 3 N–H and O–H groups in total. The minimum absolute atomic E-state index is 0.252. The van der Waals surface area contributed by atoms with Gasteiger partial charge in [-0.1, -0.05) is 50.1 Å². The fraction of sp³-hybridized carbons (Fsp3) is 0.200. The molecule has 0 bridgehead atoms. The highest BCUT2D eigenvalue weighted by Crippen LogP contribution is 2.34. The SMILES string of the molecule is COC(=O)C1=C(C)NC(=O)N[C@@H]1c1ccc(OCC(=O)N/N=C\c2cc(Br)ccc2OCc2ccc(Br)cc2)c(OC)c1. The van der Waals surface area contributed by atoms with Crippen LogP contribution in [0, 0.1) is 0 Å². The van der Waals surface area contributed by atoms with Gasteiger partial charge in [0.05, 0.1) is 32.0 Å². The maximum absolute atomic E-state index is 12.5. The first-order valence-electron chi connectivity index (χ1n) is 12.8. The molecule has 0 spiro atoms. The van der Waals surface area contributed by atoms with Gasteiger partial charge >= 0.3 is 12.0 Å². The second-order valence-corrected chi connectivity index (χ2v) is 11.0. The zero-order valence-corrected chi connectivity index (χ0v) is 26.6. The number of hydrazone groups is 1. The number of methoxy groups -OCH3 is 2. The van der Waals surface area contributed by atoms with Gasteiger partial charge in [0.25, 0.3) is 5.91 Å². The number of nitrogens with zero attached hydrogens (tertiary/aromatic N) is 1. The second kappa shape index (κ2) is 14.7. The van der Waals surface area contributed by atoms with Crippen LogP contribution >= 0.6 is 31.9 Å². The lowest BCUT2D eigenvalue weighted by Gasteiger charge is -2.28. The second-order valence-electron chi connectivity index (χ2n) is 9.15. The number of allylic oxidation sites excluding steroid dienone is 1. The van der Waals surface area contributed by atoms with Crippen molar-refractivity contribution in [1.82, 2.24) is 16.1 Å². The van der Waals surface area contributed by atoms with E-state index < -0.39 is 23.9 Å². The Bertz CT molecular complexity index is 1580. The van der Waals surface area contributed by atoms with Gasteiger partial charge in [-0.25, -0.2) is 15.0 Å². The Balaban J connectivity index is 1.38. The Morgan fingerprint density at radius 2 is 1.67 bits per heavy atom. The molecule has 1 aliphatic heterocycles. The van der Waals surface area contributed by atoms with E-state index in [2.05, 4.69) is 53.0 Å². The van der Waals surface area contributed by atoms with E-state index in [0.717, 1.165) is 14.5 Å². The van der Waals surface area contributed by atoms with Gasteiger partial charge in [0.15, 0.2) is 18.1 Å². The normalized spacial score (nSPS) is 14.5. The Hall–Kier alpha value is -4.36. The fourth-order valence-corrected chi connectivity index (χ4v) is 4.79. The lowest BCUT2D eigenvalue weighted by atomic mass is 9.95. The number of nitrogens with one attached hydrogen (secondary N) is 3. The molecule has 13 heteroatoms. The van der Waals surface area contributed by atoms with E-state index in [9.17, 15) is 14.4 Å². The molecule has 0 fully saturated rings. The molecule has 43 heavy (non-hydrogen) atoms. The number of benzene rings is 3. The summed E-state index contributed by atoms with van der Waals surface area (Å²) in [5.41, 5.74) is 5.28. The lowest BCUT2D eigenvalue weighted by molar-refractivity contribution is -0.136. The number of hydrogen-bond donors (Lipinski definition) is 3. The molecule has 0 aromatic heterocycles. The van der Waals surface area contributed by atoms with E-state index in [-0.39, 0.29) is 17.9 Å². The van der Waals surface area contributed by atoms with Crippen LogP contribution in [0.15, 0.2) is 86.0 Å². The number of hydrogen-bond acceptors (Lipinski definition) is 8. The molecule has 3 amide bonds. The Kier molecular flexibility index (Phi) is 10.8. The zero-order valence-electron chi connectivity index (χ0n) is 23.4. The number of carbonyl (C=O) groups is 3. The molecule has 11 nitrogen and oxygen atoms in total. The lowest BCUT2D eigenvalue weighted by Crippen LogP contribution is -2.45. The van der Waals surface area contributed by atoms with Crippen LogP contribution in [0.2, 0.25) is 0 Å². The summed E-state index contributed by atoms with van der Waals surface area (Å²) in [6.07, 6.45) is 1.48. The Labute approximate surface area is 264 Å². The van der Waals surface area contributed by atoms with Crippen molar-refractivity contribution in [3.05, 3.63) is 97.6 Å². The topological polar surface area (TPSA) is 137 Å². The van der Waals surface area contributed by atoms with Crippen LogP contribution in [-0.4, -0.2) is 44.9 Å².